The van der Waals surface area contributed by atoms with Gasteiger partial charge in [-0.05, 0) is 38.8 Å². The van der Waals surface area contributed by atoms with E-state index >= 15 is 0 Å². The van der Waals surface area contributed by atoms with Crippen molar-refractivity contribution in [1.29, 1.82) is 10.5 Å². The van der Waals surface area contributed by atoms with Crippen LogP contribution in [-0.2, 0) is 0 Å². The molecule has 0 bridgehead atoms. The maximum atomic E-state index is 9.61. The number of pyridine rings is 2. The van der Waals surface area contributed by atoms with Crippen molar-refractivity contribution in [3.05, 3.63) is 58.8 Å². The molecule has 1 aliphatic heterocycles. The molecule has 10 nitrogen and oxygen atoms in total. The van der Waals surface area contributed by atoms with E-state index < -0.39 is 0 Å². The molecule has 1 fully saturated rings. The molecule has 5 heterocycles. The average Bonchev–Trinajstić information content (AvgIpc) is 3.47. The van der Waals surface area contributed by atoms with Gasteiger partial charge in [0, 0.05) is 42.7 Å². The molecule has 0 aromatic carbocycles. The lowest BCUT2D eigenvalue weighted by Gasteiger charge is -2.28. The van der Waals surface area contributed by atoms with Crippen molar-refractivity contribution in [2.75, 3.05) is 13.1 Å². The summed E-state index contributed by atoms with van der Waals surface area (Å²) < 4.78 is 9.92. The summed E-state index contributed by atoms with van der Waals surface area (Å²) in [4.78, 5) is 10.3. The summed E-state index contributed by atoms with van der Waals surface area (Å²) in [6, 6.07) is 7.88. The summed E-state index contributed by atoms with van der Waals surface area (Å²) in [7, 11) is 0. The number of ether oxygens (including phenoxy) is 1. The van der Waals surface area contributed by atoms with Crippen LogP contribution < -0.4 is 4.74 Å². The van der Waals surface area contributed by atoms with Gasteiger partial charge >= 0.3 is 0 Å². The topological polar surface area (TPSA) is 121 Å². The predicted octanol–water partition coefficient (Wildman–Crippen LogP) is 4.08. The number of aromatic nitrogens is 6. The standard InChI is InChI=1S/C24H22ClN9O/c1-15-24(30-31-34(15)20-3-5-32(14-27)6-4-20)17-8-22-29-13-21(10-26)33(22)23(9-17)35-16(2)18-7-19(25)12-28-11-18/h7-9,11-13,16,20H,3-6H2,1-2H3. The number of fused-ring (bicyclic) bond motifs is 1. The van der Waals surface area contributed by atoms with Crippen LogP contribution in [0.1, 0.15) is 48.9 Å². The number of rotatable bonds is 5. The Labute approximate surface area is 207 Å². The molecule has 0 aliphatic carbocycles. The molecule has 4 aromatic heterocycles. The summed E-state index contributed by atoms with van der Waals surface area (Å²) in [5, 5.41) is 28.2. The van der Waals surface area contributed by atoms with E-state index in [1.807, 2.05) is 30.7 Å². The second-order valence-electron chi connectivity index (χ2n) is 8.51. The first-order valence-corrected chi connectivity index (χ1v) is 11.6. The van der Waals surface area contributed by atoms with E-state index in [1.54, 1.807) is 27.8 Å². The summed E-state index contributed by atoms with van der Waals surface area (Å²) >= 11 is 6.11. The fourth-order valence-electron chi connectivity index (χ4n) is 4.44. The minimum absolute atomic E-state index is 0.187. The molecule has 0 spiro atoms. The summed E-state index contributed by atoms with van der Waals surface area (Å²) in [5.74, 6) is 0.454. The van der Waals surface area contributed by atoms with E-state index in [2.05, 4.69) is 32.5 Å². The molecule has 1 unspecified atom stereocenters. The highest BCUT2D eigenvalue weighted by Crippen LogP contribution is 2.32. The zero-order chi connectivity index (χ0) is 24.5. The number of hydrogen-bond donors (Lipinski definition) is 0. The van der Waals surface area contributed by atoms with Crippen LogP contribution in [0.3, 0.4) is 0 Å². The predicted molar refractivity (Wildman–Crippen MR) is 127 cm³/mol. The maximum absolute atomic E-state index is 9.61. The molecular weight excluding hydrogens is 466 g/mol. The minimum atomic E-state index is -0.379. The monoisotopic (exact) mass is 487 g/mol. The number of halogens is 1. The molecule has 0 amide bonds. The first kappa shape index (κ1) is 22.6. The molecule has 11 heteroatoms. The van der Waals surface area contributed by atoms with E-state index in [1.165, 1.54) is 6.20 Å². The lowest BCUT2D eigenvalue weighted by Crippen LogP contribution is -2.31. The Morgan fingerprint density at radius 3 is 2.66 bits per heavy atom. The largest absolute Gasteiger partial charge is 0.471 e. The van der Waals surface area contributed by atoms with Crippen LogP contribution in [0.5, 0.6) is 5.88 Å². The highest BCUT2D eigenvalue weighted by molar-refractivity contribution is 6.30. The molecule has 1 saturated heterocycles. The van der Waals surface area contributed by atoms with Crippen molar-refractivity contribution >= 4 is 17.2 Å². The molecular formula is C24H22ClN9O. The second kappa shape index (κ2) is 9.24. The molecule has 35 heavy (non-hydrogen) atoms. The highest BCUT2D eigenvalue weighted by Gasteiger charge is 2.25. The second-order valence-corrected chi connectivity index (χ2v) is 8.95. The highest BCUT2D eigenvalue weighted by atomic mass is 35.5. The number of piperidine rings is 1. The van der Waals surface area contributed by atoms with Crippen LogP contribution in [0.25, 0.3) is 16.9 Å². The van der Waals surface area contributed by atoms with Crippen molar-refractivity contribution < 1.29 is 4.74 Å². The van der Waals surface area contributed by atoms with Gasteiger partial charge in [0.1, 0.15) is 29.2 Å². The summed E-state index contributed by atoms with van der Waals surface area (Å²) in [5.41, 5.74) is 4.18. The Morgan fingerprint density at radius 1 is 1.14 bits per heavy atom. The van der Waals surface area contributed by atoms with Crippen LogP contribution in [0, 0.1) is 29.7 Å². The number of nitriles is 2. The minimum Gasteiger partial charge on any atom is -0.471 e. The fraction of sp³-hybridized carbons (Fsp3) is 0.333. The number of imidazole rings is 1. The summed E-state index contributed by atoms with van der Waals surface area (Å²) in [6.07, 6.45) is 8.29. The summed E-state index contributed by atoms with van der Waals surface area (Å²) in [6.45, 7) is 5.30. The zero-order valence-electron chi connectivity index (χ0n) is 19.3. The molecule has 176 valence electrons. The number of likely N-dealkylation sites (tertiary alicyclic amines) is 1. The van der Waals surface area contributed by atoms with Crippen molar-refractivity contribution in [2.24, 2.45) is 0 Å². The SMILES string of the molecule is Cc1c(-c2cc(OC(C)c3cncc(Cl)c3)n3c(C#N)cnc3c2)nnn1C1CCN(C#N)CC1. The van der Waals surface area contributed by atoms with E-state index in [4.69, 9.17) is 21.6 Å². The smallest absolute Gasteiger partial charge is 0.201 e. The Hall–Kier alpha value is -4.15. The Bertz CT molecular complexity index is 1470. The van der Waals surface area contributed by atoms with Crippen LogP contribution in [-0.4, -0.2) is 47.4 Å². The van der Waals surface area contributed by atoms with E-state index in [9.17, 15) is 5.26 Å². The first-order valence-electron chi connectivity index (χ1n) is 11.2. The van der Waals surface area contributed by atoms with Gasteiger partial charge in [-0.1, -0.05) is 16.8 Å². The van der Waals surface area contributed by atoms with Crippen LogP contribution >= 0.6 is 11.6 Å². The van der Waals surface area contributed by atoms with Crippen molar-refractivity contribution in [1.82, 2.24) is 34.3 Å². The normalized spacial score (nSPS) is 15.1. The van der Waals surface area contributed by atoms with Crippen LogP contribution in [0.2, 0.25) is 5.02 Å². The lowest BCUT2D eigenvalue weighted by atomic mass is 10.0. The third-order valence-corrected chi connectivity index (χ3v) is 6.54. The van der Waals surface area contributed by atoms with E-state index in [-0.39, 0.29) is 12.1 Å². The quantitative estimate of drug-likeness (QED) is 0.386. The van der Waals surface area contributed by atoms with Crippen molar-refractivity contribution in [3.63, 3.8) is 0 Å². The van der Waals surface area contributed by atoms with Gasteiger partial charge in [-0.3, -0.25) is 9.38 Å². The molecule has 0 saturated carbocycles. The average molecular weight is 488 g/mol. The van der Waals surface area contributed by atoms with Crippen molar-refractivity contribution in [2.45, 2.75) is 38.8 Å². The van der Waals surface area contributed by atoms with Gasteiger partial charge < -0.3 is 9.64 Å². The molecule has 1 aliphatic rings. The first-order chi connectivity index (χ1) is 17.0. The Morgan fingerprint density at radius 2 is 1.94 bits per heavy atom. The van der Waals surface area contributed by atoms with E-state index in [0.717, 1.165) is 35.4 Å². The Balaban J connectivity index is 1.52. The van der Waals surface area contributed by atoms with Crippen molar-refractivity contribution in [3.8, 4) is 29.4 Å². The van der Waals surface area contributed by atoms with Gasteiger partial charge in [-0.2, -0.15) is 10.5 Å². The molecule has 4 aromatic rings. The number of nitrogens with zero attached hydrogens (tertiary/aromatic N) is 9. The van der Waals surface area contributed by atoms with Gasteiger partial charge in [-0.15, -0.1) is 5.10 Å². The van der Waals surface area contributed by atoms with Gasteiger partial charge in [0.25, 0.3) is 0 Å². The molecule has 1 atom stereocenters. The van der Waals surface area contributed by atoms with E-state index in [0.29, 0.717) is 35.3 Å². The maximum Gasteiger partial charge on any atom is 0.201 e. The third kappa shape index (κ3) is 4.25. The van der Waals surface area contributed by atoms with Gasteiger partial charge in [0.05, 0.1) is 23.0 Å². The lowest BCUT2D eigenvalue weighted by molar-refractivity contribution is 0.214. The zero-order valence-corrected chi connectivity index (χ0v) is 20.0. The van der Waals surface area contributed by atoms with Gasteiger partial charge in [-0.25, -0.2) is 9.67 Å². The fourth-order valence-corrected chi connectivity index (χ4v) is 4.63. The molecule has 0 radical (unpaired) electrons. The van der Waals surface area contributed by atoms with Gasteiger partial charge in [0.15, 0.2) is 6.19 Å². The third-order valence-electron chi connectivity index (χ3n) is 6.33. The Kier molecular flexibility index (Phi) is 5.98. The molecule has 5 rings (SSSR count). The van der Waals surface area contributed by atoms with Gasteiger partial charge in [0.2, 0.25) is 5.88 Å². The van der Waals surface area contributed by atoms with Crippen LogP contribution in [0.15, 0.2) is 36.8 Å². The number of hydrogen-bond acceptors (Lipinski definition) is 8. The molecule has 0 N–H and O–H groups in total. The van der Waals surface area contributed by atoms with Crippen LogP contribution in [0.4, 0.5) is 0 Å².